The van der Waals surface area contributed by atoms with Gasteiger partial charge in [-0.2, -0.15) is 9.78 Å². The molecule has 0 spiro atoms. The van der Waals surface area contributed by atoms with E-state index in [2.05, 4.69) is 31.0 Å². The lowest BCUT2D eigenvalue weighted by molar-refractivity contribution is 0.831. The number of aliphatic imine (C=N–C) groups is 1. The van der Waals surface area contributed by atoms with Crippen molar-refractivity contribution < 1.29 is 0 Å². The minimum atomic E-state index is -0.356. The van der Waals surface area contributed by atoms with Gasteiger partial charge in [0.05, 0.1) is 16.8 Å². The zero-order valence-electron chi connectivity index (χ0n) is 15.4. The number of hydrogen-bond acceptors (Lipinski definition) is 5. The Kier molecular flexibility index (Phi) is 4.85. The van der Waals surface area contributed by atoms with E-state index in [0.717, 1.165) is 4.47 Å². The van der Waals surface area contributed by atoms with Gasteiger partial charge in [-0.15, -0.1) is 0 Å². The molecule has 0 unspecified atom stereocenters. The van der Waals surface area contributed by atoms with Crippen molar-refractivity contribution >= 4 is 38.9 Å². The summed E-state index contributed by atoms with van der Waals surface area (Å²) in [5.41, 5.74) is 9.03. The third kappa shape index (κ3) is 3.50. The Bertz CT molecular complexity index is 1370. The van der Waals surface area contributed by atoms with Crippen LogP contribution in [0.5, 0.6) is 0 Å². The zero-order valence-corrected chi connectivity index (χ0v) is 17.0. The highest BCUT2D eigenvalue weighted by Gasteiger charge is 2.16. The molecule has 0 atom stereocenters. The molecule has 2 heterocycles. The Morgan fingerprint density at radius 2 is 1.86 bits per heavy atom. The second-order valence-electron chi connectivity index (χ2n) is 6.38. The number of aromatic amines is 1. The van der Waals surface area contributed by atoms with Gasteiger partial charge in [0.2, 0.25) is 5.56 Å². The molecule has 2 aromatic heterocycles. The predicted molar refractivity (Wildman–Crippen MR) is 119 cm³/mol. The molecule has 0 radical (unpaired) electrons. The van der Waals surface area contributed by atoms with Crippen molar-refractivity contribution in [2.75, 3.05) is 12.8 Å². The van der Waals surface area contributed by atoms with Crippen LogP contribution in [0, 0.1) is 0 Å². The average Bonchev–Trinajstić information content (AvgIpc) is 2.71. The summed E-state index contributed by atoms with van der Waals surface area (Å²) in [5, 5.41) is 4.46. The number of fused-ring (bicyclic) bond motifs is 1. The van der Waals surface area contributed by atoms with Crippen LogP contribution >= 0.6 is 15.9 Å². The molecule has 2 aromatic carbocycles. The Balaban J connectivity index is 2.07. The molecule has 0 fully saturated rings. The first-order chi connectivity index (χ1) is 14.0. The van der Waals surface area contributed by atoms with Crippen LogP contribution in [0.1, 0.15) is 5.56 Å². The number of benzene rings is 2. The van der Waals surface area contributed by atoms with E-state index in [1.807, 2.05) is 24.3 Å². The van der Waals surface area contributed by atoms with Gasteiger partial charge in [-0.3, -0.25) is 14.6 Å². The van der Waals surface area contributed by atoms with Gasteiger partial charge in [0, 0.05) is 35.1 Å². The number of halogens is 1. The summed E-state index contributed by atoms with van der Waals surface area (Å²) in [5.74, 6) is 0. The summed E-state index contributed by atoms with van der Waals surface area (Å²) in [6.07, 6.45) is 1.62. The SMILES string of the molecule is CN=Cc1cc(-n2nc3ccc(=O)[nH]c3c(-c3ccc(Br)cc3)c2=O)ccc1N. The highest BCUT2D eigenvalue weighted by Crippen LogP contribution is 2.25. The molecule has 0 saturated carbocycles. The molecule has 0 aliphatic heterocycles. The number of nitrogens with two attached hydrogens (primary N) is 1. The molecule has 0 amide bonds. The van der Waals surface area contributed by atoms with E-state index in [-0.39, 0.29) is 11.1 Å². The van der Waals surface area contributed by atoms with Gasteiger partial charge in [0.15, 0.2) is 0 Å². The van der Waals surface area contributed by atoms with Gasteiger partial charge < -0.3 is 10.7 Å². The highest BCUT2D eigenvalue weighted by atomic mass is 79.9. The molecule has 0 bridgehead atoms. The lowest BCUT2D eigenvalue weighted by atomic mass is 10.1. The van der Waals surface area contributed by atoms with Crippen molar-refractivity contribution in [2.24, 2.45) is 4.99 Å². The quantitative estimate of drug-likeness (QED) is 0.370. The Morgan fingerprint density at radius 1 is 1.10 bits per heavy atom. The third-order valence-corrected chi connectivity index (χ3v) is 5.01. The van der Waals surface area contributed by atoms with Crippen LogP contribution in [0.2, 0.25) is 0 Å². The minimum absolute atomic E-state index is 0.302. The summed E-state index contributed by atoms with van der Waals surface area (Å²) in [4.78, 5) is 32.1. The van der Waals surface area contributed by atoms with Crippen LogP contribution < -0.4 is 16.9 Å². The molecule has 0 aliphatic carbocycles. The molecule has 4 aromatic rings. The van der Waals surface area contributed by atoms with E-state index in [1.54, 1.807) is 37.5 Å². The number of hydrogen-bond donors (Lipinski definition) is 2. The predicted octanol–water partition coefficient (Wildman–Crippen LogP) is 3.13. The molecule has 3 N–H and O–H groups in total. The van der Waals surface area contributed by atoms with Gasteiger partial charge >= 0.3 is 0 Å². The topological polar surface area (TPSA) is 106 Å². The van der Waals surface area contributed by atoms with E-state index >= 15 is 0 Å². The van der Waals surface area contributed by atoms with E-state index in [9.17, 15) is 9.59 Å². The van der Waals surface area contributed by atoms with Crippen LogP contribution in [0.15, 0.2) is 73.7 Å². The number of nitrogen functional groups attached to an aromatic ring is 1. The van der Waals surface area contributed by atoms with Gasteiger partial charge in [-0.05, 0) is 42.0 Å². The third-order valence-electron chi connectivity index (χ3n) is 4.48. The van der Waals surface area contributed by atoms with Gasteiger partial charge in [0.25, 0.3) is 5.56 Å². The Morgan fingerprint density at radius 3 is 2.59 bits per heavy atom. The maximum Gasteiger partial charge on any atom is 0.281 e. The van der Waals surface area contributed by atoms with Crippen LogP contribution in [0.4, 0.5) is 5.69 Å². The first-order valence-electron chi connectivity index (χ1n) is 8.72. The van der Waals surface area contributed by atoms with Crippen molar-refractivity contribution in [3.8, 4) is 16.8 Å². The van der Waals surface area contributed by atoms with Crippen molar-refractivity contribution in [1.82, 2.24) is 14.8 Å². The minimum Gasteiger partial charge on any atom is -0.398 e. The Labute approximate surface area is 173 Å². The number of pyridine rings is 1. The number of H-pyrrole nitrogens is 1. The smallest absolute Gasteiger partial charge is 0.281 e. The number of rotatable bonds is 3. The van der Waals surface area contributed by atoms with Crippen molar-refractivity contribution in [2.45, 2.75) is 0 Å². The first-order valence-corrected chi connectivity index (χ1v) is 9.51. The number of aromatic nitrogens is 3. The molecule has 4 rings (SSSR count). The monoisotopic (exact) mass is 449 g/mol. The lowest BCUT2D eigenvalue weighted by Gasteiger charge is -2.12. The molecule has 29 heavy (non-hydrogen) atoms. The van der Waals surface area contributed by atoms with Crippen LogP contribution in [-0.2, 0) is 0 Å². The van der Waals surface area contributed by atoms with Crippen LogP contribution in [0.3, 0.4) is 0 Å². The number of nitrogens with zero attached hydrogens (tertiary/aromatic N) is 3. The standard InChI is InChI=1S/C21H16BrN5O2/c1-24-11-13-10-15(6-7-16(13)23)27-21(29)19(12-2-4-14(22)5-3-12)20-17(26-27)8-9-18(28)25-20/h2-11H,23H2,1H3,(H,25,28). The van der Waals surface area contributed by atoms with Crippen LogP contribution in [0.25, 0.3) is 27.8 Å². The van der Waals surface area contributed by atoms with Crippen molar-refractivity contribution in [1.29, 1.82) is 0 Å². The fourth-order valence-corrected chi connectivity index (χ4v) is 3.38. The maximum absolute atomic E-state index is 13.4. The maximum atomic E-state index is 13.4. The van der Waals surface area contributed by atoms with Gasteiger partial charge in [-0.1, -0.05) is 28.1 Å². The largest absolute Gasteiger partial charge is 0.398 e. The highest BCUT2D eigenvalue weighted by molar-refractivity contribution is 9.10. The molecule has 0 aliphatic rings. The Hall–Kier alpha value is -3.52. The second kappa shape index (κ2) is 7.48. The fraction of sp³-hybridized carbons (Fsp3) is 0.0476. The summed E-state index contributed by atoms with van der Waals surface area (Å²) >= 11 is 3.40. The molecular weight excluding hydrogens is 434 g/mol. The van der Waals surface area contributed by atoms with Crippen molar-refractivity contribution in [3.05, 3.63) is 85.3 Å². The summed E-state index contributed by atoms with van der Waals surface area (Å²) in [7, 11) is 1.65. The molecule has 7 nitrogen and oxygen atoms in total. The van der Waals surface area contributed by atoms with Crippen LogP contribution in [-0.4, -0.2) is 28.0 Å². The van der Waals surface area contributed by atoms with E-state index in [4.69, 9.17) is 5.73 Å². The molecule has 0 saturated heterocycles. The molecule has 144 valence electrons. The van der Waals surface area contributed by atoms with E-state index < -0.39 is 0 Å². The van der Waals surface area contributed by atoms with E-state index in [0.29, 0.717) is 39.1 Å². The van der Waals surface area contributed by atoms with E-state index in [1.165, 1.54) is 10.7 Å². The summed E-state index contributed by atoms with van der Waals surface area (Å²) in [6, 6.07) is 15.5. The molecular formula is C21H16BrN5O2. The van der Waals surface area contributed by atoms with Gasteiger partial charge in [-0.25, -0.2) is 0 Å². The second-order valence-corrected chi connectivity index (χ2v) is 7.30. The van der Waals surface area contributed by atoms with Crippen molar-refractivity contribution in [3.63, 3.8) is 0 Å². The fourth-order valence-electron chi connectivity index (χ4n) is 3.11. The van der Waals surface area contributed by atoms with Gasteiger partial charge in [0.1, 0.15) is 5.52 Å². The summed E-state index contributed by atoms with van der Waals surface area (Å²) in [6.45, 7) is 0. The lowest BCUT2D eigenvalue weighted by Crippen LogP contribution is -2.24. The molecule has 8 heteroatoms. The number of anilines is 1. The zero-order chi connectivity index (χ0) is 20.5. The average molecular weight is 450 g/mol. The summed E-state index contributed by atoms with van der Waals surface area (Å²) < 4.78 is 2.19. The first kappa shape index (κ1) is 18.8. The normalized spacial score (nSPS) is 11.4. The number of nitrogens with one attached hydrogen (secondary N) is 1.